The van der Waals surface area contributed by atoms with Crippen LogP contribution in [0.3, 0.4) is 0 Å². The number of amides is 2. The van der Waals surface area contributed by atoms with Gasteiger partial charge < -0.3 is 20.3 Å². The smallest absolute Gasteiger partial charge is 0.422 e. The summed E-state index contributed by atoms with van der Waals surface area (Å²) in [6.45, 7) is 3.68. The maximum Gasteiger partial charge on any atom is 0.422 e. The van der Waals surface area contributed by atoms with Gasteiger partial charge in [-0.05, 0) is 39.0 Å². The summed E-state index contributed by atoms with van der Waals surface area (Å²) in [5.41, 5.74) is -0.153. The fourth-order valence-electron chi connectivity index (χ4n) is 2.09. The van der Waals surface area contributed by atoms with E-state index in [4.69, 9.17) is 5.26 Å². The molecule has 0 spiro atoms. The third kappa shape index (κ3) is 8.62. The first-order valence-corrected chi connectivity index (χ1v) is 8.33. The number of anilines is 1. The number of likely N-dealkylation sites (N-methyl/N-ethyl adjacent to an activating group) is 1. The van der Waals surface area contributed by atoms with Crippen LogP contribution < -0.4 is 15.4 Å². The van der Waals surface area contributed by atoms with Crippen LogP contribution >= 0.6 is 0 Å². The predicted octanol–water partition coefficient (Wildman–Crippen LogP) is 2.28. The topological polar surface area (TPSA) is 94.5 Å². The Labute approximate surface area is 161 Å². The number of nitrogens with one attached hydrogen (secondary N) is 2. The van der Waals surface area contributed by atoms with Crippen LogP contribution in [0.4, 0.5) is 18.9 Å². The molecule has 0 radical (unpaired) electrons. The summed E-state index contributed by atoms with van der Waals surface area (Å²) in [7, 11) is 1.47. The number of hydrogen-bond donors (Lipinski definition) is 2. The van der Waals surface area contributed by atoms with Crippen LogP contribution in [-0.2, 0) is 9.59 Å². The zero-order valence-electron chi connectivity index (χ0n) is 16.1. The Morgan fingerprint density at radius 3 is 2.43 bits per heavy atom. The number of alkyl halides is 3. The molecule has 1 rings (SSSR count). The van der Waals surface area contributed by atoms with E-state index in [-0.39, 0.29) is 36.2 Å². The van der Waals surface area contributed by atoms with Crippen molar-refractivity contribution in [3.05, 3.63) is 23.8 Å². The van der Waals surface area contributed by atoms with Gasteiger partial charge in [0.2, 0.25) is 11.8 Å². The van der Waals surface area contributed by atoms with Crippen LogP contribution in [0.5, 0.6) is 5.75 Å². The second-order valence-corrected chi connectivity index (χ2v) is 7.13. The number of halogens is 3. The number of ether oxygens (including phenoxy) is 1. The van der Waals surface area contributed by atoms with Gasteiger partial charge in [-0.1, -0.05) is 0 Å². The average molecular weight is 400 g/mol. The molecule has 28 heavy (non-hydrogen) atoms. The molecule has 0 heterocycles. The standard InChI is InChI=1S/C18H23F3N4O3/c1-17(2,3)24-15(26)10-25(4)16(27)9-23-13-5-6-14(12(7-13)8-22)28-11-18(19,20)21/h5-7,23H,9-11H2,1-4H3,(H,24,26). The van der Waals surface area contributed by atoms with E-state index in [0.717, 1.165) is 0 Å². The Morgan fingerprint density at radius 1 is 1.25 bits per heavy atom. The molecule has 0 saturated heterocycles. The highest BCUT2D eigenvalue weighted by Gasteiger charge is 2.29. The van der Waals surface area contributed by atoms with Crippen LogP contribution in [0, 0.1) is 11.3 Å². The highest BCUT2D eigenvalue weighted by Crippen LogP contribution is 2.24. The van der Waals surface area contributed by atoms with Gasteiger partial charge in [-0.2, -0.15) is 18.4 Å². The molecule has 0 aliphatic carbocycles. The molecule has 10 heteroatoms. The molecule has 1 aromatic rings. The van der Waals surface area contributed by atoms with Crippen molar-refractivity contribution in [3.8, 4) is 11.8 Å². The lowest BCUT2D eigenvalue weighted by Gasteiger charge is -2.23. The molecule has 1 aromatic carbocycles. The molecule has 2 amide bonds. The van der Waals surface area contributed by atoms with E-state index in [9.17, 15) is 22.8 Å². The van der Waals surface area contributed by atoms with E-state index in [0.29, 0.717) is 5.69 Å². The third-order valence-electron chi connectivity index (χ3n) is 3.26. The van der Waals surface area contributed by atoms with Gasteiger partial charge in [0.1, 0.15) is 11.8 Å². The van der Waals surface area contributed by atoms with Gasteiger partial charge in [0, 0.05) is 18.3 Å². The SMILES string of the molecule is CN(CC(=O)NC(C)(C)C)C(=O)CNc1ccc(OCC(F)(F)F)c(C#N)c1. The monoisotopic (exact) mass is 400 g/mol. The molecular formula is C18H23F3N4O3. The summed E-state index contributed by atoms with van der Waals surface area (Å²) in [4.78, 5) is 25.2. The van der Waals surface area contributed by atoms with Crippen LogP contribution in [0.25, 0.3) is 0 Å². The molecule has 0 aliphatic rings. The number of nitriles is 1. The molecule has 0 aliphatic heterocycles. The Kier molecular flexibility index (Phi) is 7.67. The normalized spacial score (nSPS) is 11.4. The van der Waals surface area contributed by atoms with Crippen molar-refractivity contribution in [3.63, 3.8) is 0 Å². The Morgan fingerprint density at radius 2 is 1.89 bits per heavy atom. The fraction of sp³-hybridized carbons (Fsp3) is 0.500. The van der Waals surface area contributed by atoms with Crippen molar-refractivity contribution >= 4 is 17.5 Å². The highest BCUT2D eigenvalue weighted by molar-refractivity contribution is 5.87. The lowest BCUT2D eigenvalue weighted by atomic mass is 10.1. The van der Waals surface area contributed by atoms with Crippen molar-refractivity contribution in [2.24, 2.45) is 0 Å². The van der Waals surface area contributed by atoms with E-state index in [1.54, 1.807) is 6.07 Å². The van der Waals surface area contributed by atoms with Crippen molar-refractivity contribution in [1.29, 1.82) is 5.26 Å². The molecule has 0 unspecified atom stereocenters. The molecule has 0 atom stereocenters. The first kappa shape index (κ1) is 23.1. The summed E-state index contributed by atoms with van der Waals surface area (Å²) in [5.74, 6) is -0.881. The third-order valence-corrected chi connectivity index (χ3v) is 3.26. The van der Waals surface area contributed by atoms with Gasteiger partial charge in [0.05, 0.1) is 18.7 Å². The van der Waals surface area contributed by atoms with Crippen molar-refractivity contribution in [2.75, 3.05) is 32.1 Å². The average Bonchev–Trinajstić information content (AvgIpc) is 2.55. The van der Waals surface area contributed by atoms with E-state index < -0.39 is 18.3 Å². The first-order chi connectivity index (χ1) is 12.8. The van der Waals surface area contributed by atoms with Crippen molar-refractivity contribution in [1.82, 2.24) is 10.2 Å². The zero-order chi connectivity index (χ0) is 21.5. The molecule has 2 N–H and O–H groups in total. The Balaban J connectivity index is 2.63. The second-order valence-electron chi connectivity index (χ2n) is 7.13. The minimum absolute atomic E-state index is 0.0976. The molecule has 0 bridgehead atoms. The van der Waals surface area contributed by atoms with Gasteiger partial charge in [-0.15, -0.1) is 0 Å². The summed E-state index contributed by atoms with van der Waals surface area (Å²) in [6.07, 6.45) is -4.51. The van der Waals surface area contributed by atoms with Gasteiger partial charge in [0.25, 0.3) is 0 Å². The number of carbonyl (C=O) groups excluding carboxylic acids is 2. The maximum atomic E-state index is 12.2. The summed E-state index contributed by atoms with van der Waals surface area (Å²) in [5, 5.41) is 14.6. The number of nitrogens with zero attached hydrogens (tertiary/aromatic N) is 2. The Bertz CT molecular complexity index is 752. The van der Waals surface area contributed by atoms with Crippen LogP contribution in [0.1, 0.15) is 26.3 Å². The van der Waals surface area contributed by atoms with Gasteiger partial charge in [-0.25, -0.2) is 0 Å². The number of carbonyl (C=O) groups is 2. The Hall–Kier alpha value is -2.96. The van der Waals surface area contributed by atoms with E-state index in [2.05, 4.69) is 15.4 Å². The molecular weight excluding hydrogens is 377 g/mol. The van der Waals surface area contributed by atoms with Crippen LogP contribution in [0.15, 0.2) is 18.2 Å². The summed E-state index contributed by atoms with van der Waals surface area (Å²) in [6, 6.07) is 5.65. The molecule has 154 valence electrons. The number of hydrogen-bond acceptors (Lipinski definition) is 5. The number of benzene rings is 1. The lowest BCUT2D eigenvalue weighted by Crippen LogP contribution is -2.47. The second kappa shape index (κ2) is 9.30. The summed E-state index contributed by atoms with van der Waals surface area (Å²) >= 11 is 0. The quantitative estimate of drug-likeness (QED) is 0.732. The van der Waals surface area contributed by atoms with Gasteiger partial charge >= 0.3 is 6.18 Å². The number of rotatable bonds is 7. The van der Waals surface area contributed by atoms with Gasteiger partial charge in [-0.3, -0.25) is 9.59 Å². The van der Waals surface area contributed by atoms with E-state index in [1.807, 2.05) is 20.8 Å². The molecule has 7 nitrogen and oxygen atoms in total. The molecule has 0 saturated carbocycles. The van der Waals surface area contributed by atoms with Crippen LogP contribution in [0.2, 0.25) is 0 Å². The van der Waals surface area contributed by atoms with Gasteiger partial charge in [0.15, 0.2) is 6.61 Å². The van der Waals surface area contributed by atoms with Crippen molar-refractivity contribution < 1.29 is 27.5 Å². The zero-order valence-corrected chi connectivity index (χ0v) is 16.1. The summed E-state index contributed by atoms with van der Waals surface area (Å²) < 4.78 is 41.3. The van der Waals surface area contributed by atoms with Crippen molar-refractivity contribution in [2.45, 2.75) is 32.5 Å². The van der Waals surface area contributed by atoms with E-state index in [1.165, 1.54) is 30.1 Å². The minimum atomic E-state index is -4.51. The largest absolute Gasteiger partial charge is 0.483 e. The lowest BCUT2D eigenvalue weighted by molar-refractivity contribution is -0.153. The molecule has 0 aromatic heterocycles. The van der Waals surface area contributed by atoms with Crippen LogP contribution in [-0.4, -0.2) is 55.2 Å². The highest BCUT2D eigenvalue weighted by atomic mass is 19.4. The van der Waals surface area contributed by atoms with E-state index >= 15 is 0 Å². The minimum Gasteiger partial charge on any atom is -0.483 e. The maximum absolute atomic E-state index is 12.2. The fourth-order valence-corrected chi connectivity index (χ4v) is 2.09. The first-order valence-electron chi connectivity index (χ1n) is 8.33. The predicted molar refractivity (Wildman–Crippen MR) is 96.7 cm³/mol. The molecule has 0 fully saturated rings.